The van der Waals surface area contributed by atoms with Gasteiger partial charge in [0.15, 0.2) is 0 Å². The third kappa shape index (κ3) is 2.07. The van der Waals surface area contributed by atoms with Gasteiger partial charge in [0.1, 0.15) is 0 Å². The standard InChI is InChI=1S/C9H11NOS/c1-7(4-5-10)9(11)8-3-2-6-12-8/h2-3,6-7,9,11H,4H2,1H3. The van der Waals surface area contributed by atoms with Crippen molar-refractivity contribution in [2.75, 3.05) is 0 Å². The fourth-order valence-electron chi connectivity index (χ4n) is 0.996. The van der Waals surface area contributed by atoms with Crippen molar-refractivity contribution in [3.05, 3.63) is 22.4 Å². The van der Waals surface area contributed by atoms with Crippen LogP contribution in [0.4, 0.5) is 0 Å². The van der Waals surface area contributed by atoms with E-state index in [0.29, 0.717) is 6.42 Å². The van der Waals surface area contributed by atoms with E-state index < -0.39 is 6.10 Å². The number of aliphatic hydroxyl groups is 1. The van der Waals surface area contributed by atoms with Crippen molar-refractivity contribution >= 4 is 11.3 Å². The molecule has 0 saturated heterocycles. The number of thiophene rings is 1. The Hall–Kier alpha value is -0.850. The molecule has 1 aromatic rings. The van der Waals surface area contributed by atoms with Crippen LogP contribution in [-0.2, 0) is 0 Å². The van der Waals surface area contributed by atoms with E-state index in [4.69, 9.17) is 5.26 Å². The summed E-state index contributed by atoms with van der Waals surface area (Å²) in [5.74, 6) is 0.0219. The molecule has 1 heterocycles. The van der Waals surface area contributed by atoms with Gasteiger partial charge in [0.2, 0.25) is 0 Å². The van der Waals surface area contributed by atoms with Crippen molar-refractivity contribution in [1.82, 2.24) is 0 Å². The van der Waals surface area contributed by atoms with Crippen molar-refractivity contribution < 1.29 is 5.11 Å². The van der Waals surface area contributed by atoms with Crippen LogP contribution in [-0.4, -0.2) is 5.11 Å². The summed E-state index contributed by atoms with van der Waals surface area (Å²) in [6, 6.07) is 5.85. The van der Waals surface area contributed by atoms with Gasteiger partial charge in [0.05, 0.1) is 12.2 Å². The first-order valence-electron chi connectivity index (χ1n) is 3.84. The van der Waals surface area contributed by atoms with Crippen LogP contribution < -0.4 is 0 Å². The molecule has 1 aromatic heterocycles. The lowest BCUT2D eigenvalue weighted by Crippen LogP contribution is -2.06. The van der Waals surface area contributed by atoms with Crippen molar-refractivity contribution in [2.45, 2.75) is 19.4 Å². The molecule has 0 bridgehead atoms. The van der Waals surface area contributed by atoms with Crippen molar-refractivity contribution in [1.29, 1.82) is 5.26 Å². The molecule has 2 atom stereocenters. The summed E-state index contributed by atoms with van der Waals surface area (Å²) in [5, 5.41) is 20.0. The lowest BCUT2D eigenvalue weighted by Gasteiger charge is -2.13. The van der Waals surface area contributed by atoms with Gasteiger partial charge in [-0.05, 0) is 17.4 Å². The molecule has 0 aliphatic rings. The van der Waals surface area contributed by atoms with Gasteiger partial charge < -0.3 is 5.11 Å². The highest BCUT2D eigenvalue weighted by atomic mass is 32.1. The zero-order valence-corrected chi connectivity index (χ0v) is 7.71. The van der Waals surface area contributed by atoms with Gasteiger partial charge in [-0.1, -0.05) is 13.0 Å². The molecule has 12 heavy (non-hydrogen) atoms. The number of nitriles is 1. The molecule has 2 nitrogen and oxygen atoms in total. The first-order valence-corrected chi connectivity index (χ1v) is 4.72. The van der Waals surface area contributed by atoms with Gasteiger partial charge in [-0.15, -0.1) is 11.3 Å². The summed E-state index contributed by atoms with van der Waals surface area (Å²) >= 11 is 1.53. The average Bonchev–Trinajstić information content (AvgIpc) is 2.55. The van der Waals surface area contributed by atoms with Gasteiger partial charge in [0, 0.05) is 11.3 Å². The molecule has 2 unspecified atom stereocenters. The minimum absolute atomic E-state index is 0.0219. The summed E-state index contributed by atoms with van der Waals surface area (Å²) < 4.78 is 0. The third-order valence-corrected chi connectivity index (χ3v) is 2.73. The Labute approximate surface area is 76.1 Å². The van der Waals surface area contributed by atoms with Crippen LogP contribution in [0.3, 0.4) is 0 Å². The van der Waals surface area contributed by atoms with E-state index in [1.807, 2.05) is 24.4 Å². The van der Waals surface area contributed by atoms with Gasteiger partial charge >= 0.3 is 0 Å². The van der Waals surface area contributed by atoms with Crippen LogP contribution in [0.2, 0.25) is 0 Å². The number of nitrogens with zero attached hydrogens (tertiary/aromatic N) is 1. The summed E-state index contributed by atoms with van der Waals surface area (Å²) in [7, 11) is 0. The summed E-state index contributed by atoms with van der Waals surface area (Å²) in [4.78, 5) is 0.942. The molecule has 0 spiro atoms. The summed E-state index contributed by atoms with van der Waals surface area (Å²) in [5.41, 5.74) is 0. The average molecular weight is 181 g/mol. The molecule has 0 aliphatic heterocycles. The topological polar surface area (TPSA) is 44.0 Å². The van der Waals surface area contributed by atoms with Crippen molar-refractivity contribution in [3.8, 4) is 6.07 Å². The second-order valence-corrected chi connectivity index (χ2v) is 3.78. The second kappa shape index (κ2) is 4.24. The minimum atomic E-state index is -0.482. The molecule has 0 radical (unpaired) electrons. The molecule has 3 heteroatoms. The van der Waals surface area contributed by atoms with Gasteiger partial charge in [-0.25, -0.2) is 0 Å². The smallest absolute Gasteiger partial charge is 0.0917 e. The highest BCUT2D eigenvalue weighted by molar-refractivity contribution is 7.10. The molecular formula is C9H11NOS. The first-order chi connectivity index (χ1) is 5.75. The maximum Gasteiger partial charge on any atom is 0.0917 e. The minimum Gasteiger partial charge on any atom is -0.387 e. The monoisotopic (exact) mass is 181 g/mol. The summed E-state index contributed by atoms with van der Waals surface area (Å²) in [6.45, 7) is 1.88. The van der Waals surface area contributed by atoms with Crippen LogP contribution >= 0.6 is 11.3 Å². The Kier molecular flexibility index (Phi) is 3.27. The Morgan fingerprint density at radius 3 is 3.00 bits per heavy atom. The molecule has 0 amide bonds. The molecule has 0 aliphatic carbocycles. The molecule has 1 N–H and O–H groups in total. The van der Waals surface area contributed by atoms with E-state index in [-0.39, 0.29) is 5.92 Å². The van der Waals surface area contributed by atoms with E-state index >= 15 is 0 Å². The lowest BCUT2D eigenvalue weighted by atomic mass is 10.0. The largest absolute Gasteiger partial charge is 0.387 e. The fourth-order valence-corrected chi connectivity index (χ4v) is 1.84. The SMILES string of the molecule is CC(CC#N)C(O)c1cccs1. The van der Waals surface area contributed by atoms with E-state index in [2.05, 4.69) is 6.07 Å². The molecule has 0 saturated carbocycles. The quantitative estimate of drug-likeness (QED) is 0.777. The van der Waals surface area contributed by atoms with Crippen LogP contribution in [0.5, 0.6) is 0 Å². The third-order valence-electron chi connectivity index (χ3n) is 1.79. The van der Waals surface area contributed by atoms with Gasteiger partial charge in [-0.2, -0.15) is 5.26 Å². The normalized spacial score (nSPS) is 15.1. The zero-order valence-electron chi connectivity index (χ0n) is 6.90. The number of rotatable bonds is 3. The Balaban J connectivity index is 2.60. The van der Waals surface area contributed by atoms with Gasteiger partial charge in [0.25, 0.3) is 0 Å². The molecule has 0 fully saturated rings. The number of aliphatic hydroxyl groups excluding tert-OH is 1. The molecular weight excluding hydrogens is 170 g/mol. The van der Waals surface area contributed by atoms with Crippen molar-refractivity contribution in [2.24, 2.45) is 5.92 Å². The zero-order chi connectivity index (χ0) is 8.97. The van der Waals surface area contributed by atoms with E-state index in [1.165, 1.54) is 11.3 Å². The number of hydrogen-bond acceptors (Lipinski definition) is 3. The second-order valence-electron chi connectivity index (χ2n) is 2.80. The Bertz CT molecular complexity index is 263. The first kappa shape index (κ1) is 9.24. The molecule has 1 rings (SSSR count). The lowest BCUT2D eigenvalue weighted by molar-refractivity contribution is 0.123. The maximum atomic E-state index is 9.67. The van der Waals surface area contributed by atoms with Gasteiger partial charge in [-0.3, -0.25) is 0 Å². The van der Waals surface area contributed by atoms with Crippen LogP contribution in [0.25, 0.3) is 0 Å². The summed E-state index contributed by atoms with van der Waals surface area (Å²) in [6.07, 6.45) is -0.0800. The van der Waals surface area contributed by atoms with Crippen LogP contribution in [0.1, 0.15) is 24.3 Å². The van der Waals surface area contributed by atoms with Crippen LogP contribution in [0.15, 0.2) is 17.5 Å². The van der Waals surface area contributed by atoms with Crippen LogP contribution in [0, 0.1) is 17.2 Å². The fraction of sp³-hybridized carbons (Fsp3) is 0.444. The highest BCUT2D eigenvalue weighted by Gasteiger charge is 2.16. The number of hydrogen-bond donors (Lipinski definition) is 1. The predicted octanol–water partition coefficient (Wildman–Crippen LogP) is 2.33. The molecule has 64 valence electrons. The van der Waals surface area contributed by atoms with E-state index in [1.54, 1.807) is 0 Å². The predicted molar refractivity (Wildman–Crippen MR) is 48.7 cm³/mol. The Morgan fingerprint density at radius 2 is 2.50 bits per heavy atom. The highest BCUT2D eigenvalue weighted by Crippen LogP contribution is 2.27. The van der Waals surface area contributed by atoms with E-state index in [0.717, 1.165) is 4.88 Å². The van der Waals surface area contributed by atoms with Crippen molar-refractivity contribution in [3.63, 3.8) is 0 Å². The Morgan fingerprint density at radius 1 is 1.75 bits per heavy atom. The van der Waals surface area contributed by atoms with E-state index in [9.17, 15) is 5.11 Å². The molecule has 0 aromatic carbocycles. The maximum absolute atomic E-state index is 9.67.